The van der Waals surface area contributed by atoms with Gasteiger partial charge in [-0.3, -0.25) is 9.53 Å². The molecule has 3 atom stereocenters. The van der Waals surface area contributed by atoms with Crippen molar-refractivity contribution in [2.24, 2.45) is 5.92 Å². The van der Waals surface area contributed by atoms with Gasteiger partial charge in [0, 0.05) is 34.2 Å². The van der Waals surface area contributed by atoms with Gasteiger partial charge in [-0.25, -0.2) is 4.68 Å². The van der Waals surface area contributed by atoms with Gasteiger partial charge < -0.3 is 15.2 Å². The zero-order valence-corrected chi connectivity index (χ0v) is 19.5. The number of hydrogen-bond donors (Lipinski definition) is 2. The third-order valence-electron chi connectivity index (χ3n) is 8.39. The van der Waals surface area contributed by atoms with Crippen molar-refractivity contribution in [3.63, 3.8) is 0 Å². The Hall–Kier alpha value is -2.37. The van der Waals surface area contributed by atoms with Crippen LogP contribution >= 0.6 is 11.6 Å². The van der Waals surface area contributed by atoms with Crippen molar-refractivity contribution in [1.29, 1.82) is 0 Å². The topological polar surface area (TPSA) is 98.5 Å². The summed E-state index contributed by atoms with van der Waals surface area (Å²) >= 11 is 6.00. The first-order chi connectivity index (χ1) is 16.5. The van der Waals surface area contributed by atoms with E-state index in [0.717, 1.165) is 5.69 Å². The number of carbonyl (C=O) groups excluding carboxylic acids is 1. The monoisotopic (exact) mass is 512 g/mol. The number of nitrogens with zero attached hydrogens (tertiary/aromatic N) is 3. The summed E-state index contributed by atoms with van der Waals surface area (Å²) in [6, 6.07) is 4.79. The minimum Gasteiger partial charge on any atom is -0.480 e. The smallest absolute Gasteiger partial charge is 0.480 e. The van der Waals surface area contributed by atoms with Crippen molar-refractivity contribution in [1.82, 2.24) is 20.3 Å². The van der Waals surface area contributed by atoms with Gasteiger partial charge in [0.2, 0.25) is 0 Å². The van der Waals surface area contributed by atoms with Gasteiger partial charge in [-0.05, 0) is 49.8 Å². The highest BCUT2D eigenvalue weighted by atomic mass is 35.5. The average molecular weight is 513 g/mol. The van der Waals surface area contributed by atoms with E-state index in [2.05, 4.69) is 27.3 Å². The number of aliphatic hydroxyl groups excluding tert-OH is 1. The maximum Gasteiger partial charge on any atom is 0.522 e. The second-order valence-electron chi connectivity index (χ2n) is 10.3. The Labute approximate surface area is 203 Å². The molecular weight excluding hydrogens is 489 g/mol. The van der Waals surface area contributed by atoms with Crippen molar-refractivity contribution in [2.75, 3.05) is 0 Å². The van der Waals surface area contributed by atoms with Gasteiger partial charge in [0.05, 0.1) is 23.9 Å². The molecule has 0 spiro atoms. The van der Waals surface area contributed by atoms with Crippen LogP contribution in [0.25, 0.3) is 0 Å². The Morgan fingerprint density at radius 3 is 2.74 bits per heavy atom. The molecule has 0 unspecified atom stereocenters. The molecule has 35 heavy (non-hydrogen) atoms. The summed E-state index contributed by atoms with van der Waals surface area (Å²) in [5.74, 6) is 0.302. The Kier molecular flexibility index (Phi) is 4.98. The molecule has 2 heterocycles. The molecule has 7 rings (SSSR count). The van der Waals surface area contributed by atoms with Gasteiger partial charge in [-0.2, -0.15) is 0 Å². The number of alkyl halides is 3. The van der Waals surface area contributed by atoms with Gasteiger partial charge in [-0.15, -0.1) is 18.3 Å². The first-order valence-electron chi connectivity index (χ1n) is 11.6. The van der Waals surface area contributed by atoms with Crippen molar-refractivity contribution >= 4 is 17.5 Å². The van der Waals surface area contributed by atoms with E-state index in [1.165, 1.54) is 0 Å². The molecule has 5 aliphatic rings. The van der Waals surface area contributed by atoms with Gasteiger partial charge in [0.15, 0.2) is 6.10 Å². The predicted octanol–water partition coefficient (Wildman–Crippen LogP) is 3.59. The zero-order chi connectivity index (χ0) is 24.8. The Bertz CT molecular complexity index is 1180. The van der Waals surface area contributed by atoms with Crippen LogP contribution in [-0.4, -0.2) is 50.1 Å². The van der Waals surface area contributed by atoms with Crippen molar-refractivity contribution in [3.05, 3.63) is 40.7 Å². The molecule has 1 aromatic heterocycles. The highest BCUT2D eigenvalue weighted by Gasteiger charge is 2.76. The number of fused-ring (bicyclic) bond motifs is 1. The average Bonchev–Trinajstić information content (AvgIpc) is 3.21. The van der Waals surface area contributed by atoms with E-state index in [-0.39, 0.29) is 48.1 Å². The summed E-state index contributed by atoms with van der Waals surface area (Å²) < 4.78 is 48.6. The predicted molar refractivity (Wildman–Crippen MR) is 116 cm³/mol. The third-order valence-corrected chi connectivity index (χ3v) is 8.62. The highest BCUT2D eigenvalue weighted by Crippen LogP contribution is 2.71. The van der Waals surface area contributed by atoms with Crippen LogP contribution in [0.1, 0.15) is 62.4 Å². The van der Waals surface area contributed by atoms with E-state index in [1.807, 2.05) is 6.20 Å². The Morgan fingerprint density at radius 2 is 2.06 bits per heavy atom. The van der Waals surface area contributed by atoms with Crippen LogP contribution in [0.2, 0.25) is 5.02 Å². The fourth-order valence-corrected chi connectivity index (χ4v) is 6.36. The molecule has 188 valence electrons. The first kappa shape index (κ1) is 23.1. The van der Waals surface area contributed by atoms with Crippen LogP contribution in [0.5, 0.6) is 5.75 Å². The van der Waals surface area contributed by atoms with Crippen LogP contribution in [-0.2, 0) is 14.9 Å². The quantitative estimate of drug-likeness (QED) is 0.635. The largest absolute Gasteiger partial charge is 0.522 e. The third kappa shape index (κ3) is 3.62. The molecule has 4 fully saturated rings. The van der Waals surface area contributed by atoms with Gasteiger partial charge in [-0.1, -0.05) is 23.7 Å². The van der Waals surface area contributed by atoms with Crippen LogP contribution in [0.15, 0.2) is 24.4 Å². The molecule has 12 heteroatoms. The summed E-state index contributed by atoms with van der Waals surface area (Å²) in [7, 11) is 0. The zero-order valence-electron chi connectivity index (χ0n) is 18.8. The summed E-state index contributed by atoms with van der Waals surface area (Å²) in [5.41, 5.74) is 0.812. The van der Waals surface area contributed by atoms with E-state index in [4.69, 9.17) is 16.3 Å². The summed E-state index contributed by atoms with van der Waals surface area (Å²) in [6.45, 7) is 2.05. The second-order valence-corrected chi connectivity index (χ2v) is 10.7. The number of halogens is 4. The van der Waals surface area contributed by atoms with Crippen molar-refractivity contribution in [2.45, 2.75) is 80.7 Å². The lowest BCUT2D eigenvalue weighted by Gasteiger charge is -2.75. The molecule has 4 saturated carbocycles. The molecule has 2 aromatic rings. The molecule has 2 bridgehead atoms. The van der Waals surface area contributed by atoms with E-state index in [1.54, 1.807) is 22.9 Å². The maximum absolute atomic E-state index is 13.0. The minimum atomic E-state index is -4.62. The number of hydrogen-bond acceptors (Lipinski definition) is 6. The van der Waals surface area contributed by atoms with Crippen LogP contribution in [0.4, 0.5) is 13.2 Å². The number of aliphatic hydroxyl groups is 1. The Balaban J connectivity index is 1.06. The SMILES string of the molecule is C[C@@H]1C2(NC(=O)[C@H]3C[C@@H](O)c4cc(Cl)ccc4O3)CC1(c1cn(C3CC(OC(F)(F)F)C3)nn1)C2. The molecule has 1 amide bonds. The number of carbonyl (C=O) groups is 1. The van der Waals surface area contributed by atoms with E-state index in [0.29, 0.717) is 29.2 Å². The highest BCUT2D eigenvalue weighted by molar-refractivity contribution is 6.30. The number of benzene rings is 1. The van der Waals surface area contributed by atoms with Gasteiger partial charge >= 0.3 is 6.36 Å². The lowest BCUT2D eigenvalue weighted by atomic mass is 9.32. The van der Waals surface area contributed by atoms with E-state index in [9.17, 15) is 23.1 Å². The maximum atomic E-state index is 13.0. The van der Waals surface area contributed by atoms with Crippen molar-refractivity contribution < 1.29 is 32.5 Å². The Morgan fingerprint density at radius 1 is 1.31 bits per heavy atom. The molecule has 1 aromatic carbocycles. The van der Waals surface area contributed by atoms with Gasteiger partial charge in [0.25, 0.3) is 5.91 Å². The number of amides is 1. The molecule has 0 saturated heterocycles. The fourth-order valence-electron chi connectivity index (χ4n) is 6.18. The molecular formula is C23H24ClF3N4O4. The number of rotatable bonds is 5. The molecule has 8 nitrogen and oxygen atoms in total. The standard InChI is InChI=1S/C23H24ClF3N4O4/c1-11-21(19-8-31(30-29-19)13-5-14(6-13)35-23(25,26)27)9-22(11,10-21)28-20(33)18-7-16(32)15-4-12(24)2-3-17(15)34-18/h2-4,8,11,13-14,16,18,32H,5-7,9-10H2,1H3,(H,28,33)/t11-,13?,14?,16+,18+,21?,22?/m0/s1. The number of ether oxygens (including phenoxy) is 2. The second kappa shape index (κ2) is 7.57. The molecule has 0 radical (unpaired) electrons. The number of nitrogens with one attached hydrogen (secondary N) is 1. The van der Waals surface area contributed by atoms with Gasteiger partial charge in [0.1, 0.15) is 5.75 Å². The van der Waals surface area contributed by atoms with Crippen LogP contribution < -0.4 is 10.1 Å². The molecule has 1 aliphatic heterocycles. The molecule has 2 N–H and O–H groups in total. The summed E-state index contributed by atoms with van der Waals surface area (Å²) in [6.07, 6.45) is -3.25. The lowest BCUT2D eigenvalue weighted by Crippen LogP contribution is -2.83. The van der Waals surface area contributed by atoms with Crippen LogP contribution in [0.3, 0.4) is 0 Å². The summed E-state index contributed by atoms with van der Waals surface area (Å²) in [5, 5.41) is 22.6. The number of aromatic nitrogens is 3. The van der Waals surface area contributed by atoms with E-state index >= 15 is 0 Å². The fraction of sp³-hybridized carbons (Fsp3) is 0.609. The van der Waals surface area contributed by atoms with E-state index < -0.39 is 24.7 Å². The van der Waals surface area contributed by atoms with Crippen LogP contribution in [0, 0.1) is 5.92 Å². The normalized spacial score (nSPS) is 37.3. The lowest BCUT2D eigenvalue weighted by molar-refractivity contribution is -0.353. The summed E-state index contributed by atoms with van der Waals surface area (Å²) in [4.78, 5) is 13.0. The first-order valence-corrected chi connectivity index (χ1v) is 12.0. The molecule has 4 aliphatic carbocycles. The van der Waals surface area contributed by atoms with Crippen molar-refractivity contribution in [3.8, 4) is 5.75 Å². The minimum absolute atomic E-state index is 0.117.